The molecule has 228 valence electrons. The molecule has 5 aromatic rings. The summed E-state index contributed by atoms with van der Waals surface area (Å²) in [4.78, 5) is 30.9. The summed E-state index contributed by atoms with van der Waals surface area (Å²) in [5.41, 5.74) is -0.814. The molecule has 0 fully saturated rings. The minimum Gasteiger partial charge on any atom is -0.284 e. The van der Waals surface area contributed by atoms with Gasteiger partial charge in [-0.05, 0) is 84.1 Å². The first kappa shape index (κ1) is 31.0. The molecule has 2 amide bonds. The fourth-order valence-corrected chi connectivity index (χ4v) is 4.77. The van der Waals surface area contributed by atoms with E-state index in [1.165, 1.54) is 18.2 Å². The number of carbonyl (C=O) groups is 2. The van der Waals surface area contributed by atoms with Gasteiger partial charge in [0.15, 0.2) is 0 Å². The normalized spacial score (nSPS) is 12.0. The fourth-order valence-electron chi connectivity index (χ4n) is 4.77. The maximum Gasteiger partial charge on any atom is 0.416 e. The maximum absolute atomic E-state index is 13.4. The van der Waals surface area contributed by atoms with Crippen LogP contribution in [-0.4, -0.2) is 17.8 Å². The van der Waals surface area contributed by atoms with Crippen LogP contribution < -0.4 is 9.80 Å². The summed E-state index contributed by atoms with van der Waals surface area (Å²) >= 11 is 0. The van der Waals surface area contributed by atoms with Gasteiger partial charge in [-0.3, -0.25) is 24.4 Å². The van der Waals surface area contributed by atoms with Gasteiger partial charge in [0.2, 0.25) is 12.8 Å². The van der Waals surface area contributed by atoms with Gasteiger partial charge < -0.3 is 0 Å². The molecule has 1 heterocycles. The summed E-state index contributed by atoms with van der Waals surface area (Å²) in [7, 11) is 0. The van der Waals surface area contributed by atoms with Crippen molar-refractivity contribution in [1.29, 1.82) is 0 Å². The molecule has 0 unspecified atom stereocenters. The number of amides is 2. The lowest BCUT2D eigenvalue weighted by atomic mass is 10.1. The zero-order valence-corrected chi connectivity index (χ0v) is 23.3. The van der Waals surface area contributed by atoms with Crippen molar-refractivity contribution in [3.63, 3.8) is 0 Å². The smallest absolute Gasteiger partial charge is 0.284 e. The molecule has 0 radical (unpaired) electrons. The van der Waals surface area contributed by atoms with E-state index in [4.69, 9.17) is 0 Å². The minimum atomic E-state index is -4.67. The maximum atomic E-state index is 13.4. The first-order chi connectivity index (χ1) is 21.5. The summed E-state index contributed by atoms with van der Waals surface area (Å²) in [6, 6.07) is 22.2. The van der Waals surface area contributed by atoms with Crippen LogP contribution in [-0.2, 0) is 28.4 Å². The highest BCUT2D eigenvalue weighted by atomic mass is 19.4. The Morgan fingerprint density at radius 2 is 1.13 bits per heavy atom. The molecule has 0 bridgehead atoms. The predicted octanol–water partition coefficient (Wildman–Crippen LogP) is 9.12. The molecule has 0 aliphatic rings. The number of benzene rings is 4. The van der Waals surface area contributed by atoms with E-state index in [9.17, 15) is 35.9 Å². The number of hydrogen-bond acceptors (Lipinski definition) is 3. The summed E-state index contributed by atoms with van der Waals surface area (Å²) in [6.07, 6.45) is -3.22. The van der Waals surface area contributed by atoms with Crippen LogP contribution in [0.15, 0.2) is 109 Å². The van der Waals surface area contributed by atoms with E-state index >= 15 is 0 Å². The Labute approximate surface area is 253 Å². The summed E-state index contributed by atoms with van der Waals surface area (Å²) in [5, 5.41) is 1.93. The molecule has 11 heteroatoms. The molecule has 0 spiro atoms. The number of nitrogens with zero attached hydrogens (tertiary/aromatic N) is 3. The highest BCUT2D eigenvalue weighted by molar-refractivity contribution is 5.92. The molecule has 1 aromatic heterocycles. The molecule has 0 aliphatic heterocycles. The molecule has 5 rings (SSSR count). The number of rotatable bonds is 9. The van der Waals surface area contributed by atoms with Gasteiger partial charge in [0.1, 0.15) is 0 Å². The predicted molar refractivity (Wildman–Crippen MR) is 160 cm³/mol. The van der Waals surface area contributed by atoms with Crippen molar-refractivity contribution in [2.75, 3.05) is 9.80 Å². The number of alkyl halides is 6. The van der Waals surface area contributed by atoms with Gasteiger partial charge in [0, 0.05) is 23.0 Å². The Bertz CT molecular complexity index is 1800. The number of pyridine rings is 1. The van der Waals surface area contributed by atoms with Crippen molar-refractivity contribution >= 4 is 52.4 Å². The summed E-state index contributed by atoms with van der Waals surface area (Å²) < 4.78 is 80.7. The van der Waals surface area contributed by atoms with E-state index < -0.39 is 23.5 Å². The van der Waals surface area contributed by atoms with E-state index in [0.717, 1.165) is 57.0 Å². The number of carbonyl (C=O) groups excluding carboxylic acids is 2. The number of anilines is 4. The lowest BCUT2D eigenvalue weighted by Gasteiger charge is -2.24. The van der Waals surface area contributed by atoms with Gasteiger partial charge in [-0.25, -0.2) is 0 Å². The van der Waals surface area contributed by atoms with E-state index in [1.54, 1.807) is 30.5 Å². The van der Waals surface area contributed by atoms with Crippen LogP contribution in [0, 0.1) is 0 Å². The Kier molecular flexibility index (Phi) is 8.71. The zero-order chi connectivity index (χ0) is 32.2. The SMILES string of the molecule is O=CN(c1cc(CC=Cc2cc3ccccc3cn2)cc(N(C=O)c2cccc(C(F)(F)F)c2)c1)c1cccc(C(F)(F)F)c1. The van der Waals surface area contributed by atoms with Crippen LogP contribution in [0.1, 0.15) is 22.4 Å². The Morgan fingerprint density at radius 1 is 0.600 bits per heavy atom. The van der Waals surface area contributed by atoms with E-state index in [0.29, 0.717) is 24.1 Å². The fraction of sp³-hybridized carbons (Fsp3) is 0.0882. The lowest BCUT2D eigenvalue weighted by Crippen LogP contribution is -2.19. The van der Waals surface area contributed by atoms with Crippen LogP contribution >= 0.6 is 0 Å². The van der Waals surface area contributed by atoms with Crippen molar-refractivity contribution in [1.82, 2.24) is 4.98 Å². The number of fused-ring (bicyclic) bond motifs is 1. The molecule has 4 aromatic carbocycles. The first-order valence-electron chi connectivity index (χ1n) is 13.4. The Hall–Kier alpha value is -5.45. The van der Waals surface area contributed by atoms with Crippen LogP contribution in [0.4, 0.5) is 49.1 Å². The highest BCUT2D eigenvalue weighted by Gasteiger charge is 2.32. The molecule has 0 aliphatic carbocycles. The number of halogens is 6. The standard InChI is InChI=1S/C34H23F6N3O2/c35-33(36,37)26-9-4-12-29(17-26)42(21-44)31-14-23(6-3-11-28-16-24-7-1-2-8-25(24)20-41-28)15-32(19-31)43(22-45)30-13-5-10-27(18-30)34(38,39)40/h1-5,7-22H,6H2. The van der Waals surface area contributed by atoms with Gasteiger partial charge >= 0.3 is 12.4 Å². The molecular formula is C34H23F6N3O2. The Balaban J connectivity index is 1.57. The van der Waals surface area contributed by atoms with Gasteiger partial charge in [0.25, 0.3) is 0 Å². The largest absolute Gasteiger partial charge is 0.416 e. The van der Waals surface area contributed by atoms with Crippen molar-refractivity contribution in [3.8, 4) is 0 Å². The van der Waals surface area contributed by atoms with Crippen LogP contribution in [0.2, 0.25) is 0 Å². The van der Waals surface area contributed by atoms with Gasteiger partial charge in [-0.1, -0.05) is 42.5 Å². The first-order valence-corrected chi connectivity index (χ1v) is 13.4. The molecule has 0 atom stereocenters. The quantitative estimate of drug-likeness (QED) is 0.122. The second kappa shape index (κ2) is 12.7. The van der Waals surface area contributed by atoms with Gasteiger partial charge in [-0.2, -0.15) is 26.3 Å². The molecule has 45 heavy (non-hydrogen) atoms. The average Bonchev–Trinajstić information content (AvgIpc) is 3.01. The molecule has 0 N–H and O–H groups in total. The second-order valence-electron chi connectivity index (χ2n) is 9.97. The topological polar surface area (TPSA) is 53.5 Å². The summed E-state index contributed by atoms with van der Waals surface area (Å²) in [5.74, 6) is 0. The van der Waals surface area contributed by atoms with Crippen molar-refractivity contribution < 1.29 is 35.9 Å². The number of hydrogen-bond donors (Lipinski definition) is 0. The molecule has 0 saturated heterocycles. The minimum absolute atomic E-state index is 0.0906. The number of aromatic nitrogens is 1. The third kappa shape index (κ3) is 7.20. The average molecular weight is 620 g/mol. The monoisotopic (exact) mass is 619 g/mol. The van der Waals surface area contributed by atoms with Crippen molar-refractivity contribution in [2.45, 2.75) is 18.8 Å². The third-order valence-corrected chi connectivity index (χ3v) is 6.93. The van der Waals surface area contributed by atoms with E-state index in [-0.39, 0.29) is 29.2 Å². The van der Waals surface area contributed by atoms with E-state index in [1.807, 2.05) is 30.3 Å². The van der Waals surface area contributed by atoms with Crippen LogP contribution in [0.25, 0.3) is 16.8 Å². The van der Waals surface area contributed by atoms with Crippen molar-refractivity contribution in [2.24, 2.45) is 0 Å². The Morgan fingerprint density at radius 3 is 1.64 bits per heavy atom. The zero-order valence-electron chi connectivity index (χ0n) is 23.3. The van der Waals surface area contributed by atoms with E-state index in [2.05, 4.69) is 4.98 Å². The molecular weight excluding hydrogens is 596 g/mol. The van der Waals surface area contributed by atoms with Crippen LogP contribution in [0.5, 0.6) is 0 Å². The van der Waals surface area contributed by atoms with Crippen molar-refractivity contribution in [3.05, 3.63) is 132 Å². The number of allylic oxidation sites excluding steroid dienone is 1. The molecule has 5 nitrogen and oxygen atoms in total. The van der Waals surface area contributed by atoms with Crippen LogP contribution in [0.3, 0.4) is 0 Å². The molecule has 0 saturated carbocycles. The summed E-state index contributed by atoms with van der Waals surface area (Å²) in [6.45, 7) is 0. The highest BCUT2D eigenvalue weighted by Crippen LogP contribution is 2.37. The lowest BCUT2D eigenvalue weighted by molar-refractivity contribution is -0.138. The van der Waals surface area contributed by atoms with Gasteiger partial charge in [-0.15, -0.1) is 0 Å². The third-order valence-electron chi connectivity index (χ3n) is 6.93. The second-order valence-corrected chi connectivity index (χ2v) is 9.97. The van der Waals surface area contributed by atoms with Gasteiger partial charge in [0.05, 0.1) is 28.2 Å².